The molecule has 1 aliphatic rings. The summed E-state index contributed by atoms with van der Waals surface area (Å²) in [6.45, 7) is 1.23. The van der Waals surface area contributed by atoms with E-state index >= 15 is 0 Å². The van der Waals surface area contributed by atoms with Crippen LogP contribution >= 0.6 is 7.29 Å². The van der Waals surface area contributed by atoms with Crippen molar-refractivity contribution in [2.24, 2.45) is 5.73 Å². The third-order valence-corrected chi connectivity index (χ3v) is 3.91. The third-order valence-electron chi connectivity index (χ3n) is 1.51. The largest absolute Gasteiger partial charge is 0.329 e. The van der Waals surface area contributed by atoms with Crippen molar-refractivity contribution in [1.29, 1.82) is 0 Å². The molecule has 0 radical (unpaired) electrons. The first-order valence-electron chi connectivity index (χ1n) is 3.45. The minimum Gasteiger partial charge on any atom is -0.329 e. The molecule has 0 bridgehead atoms. The molecule has 3 N–H and O–H groups in total. The van der Waals surface area contributed by atoms with Gasteiger partial charge in [-0.25, -0.2) is 0 Å². The van der Waals surface area contributed by atoms with Crippen LogP contribution in [0.5, 0.6) is 0 Å². The highest BCUT2D eigenvalue weighted by Gasteiger charge is 2.20. The van der Waals surface area contributed by atoms with E-state index in [-0.39, 0.29) is 0 Å². The zero-order chi connectivity index (χ0) is 7.45. The van der Waals surface area contributed by atoms with Crippen LogP contribution in [0.4, 0.5) is 0 Å². The number of nitrogens with one attached hydrogen (secondary N) is 1. The molecule has 0 saturated carbocycles. The van der Waals surface area contributed by atoms with Crippen molar-refractivity contribution in [3.8, 4) is 0 Å². The summed E-state index contributed by atoms with van der Waals surface area (Å²) in [4.78, 5) is 0. The monoisotopic (exact) mass is 160 g/mol. The van der Waals surface area contributed by atoms with Crippen molar-refractivity contribution in [3.63, 3.8) is 0 Å². The Balaban J connectivity index is 2.32. The van der Waals surface area contributed by atoms with Crippen molar-refractivity contribution in [2.75, 3.05) is 25.4 Å². The number of hydrogen-bond acceptors (Lipinski definition) is 2. The van der Waals surface area contributed by atoms with E-state index < -0.39 is 7.29 Å². The first-order valence-corrected chi connectivity index (χ1v) is 5.53. The Morgan fingerprint density at radius 1 is 1.50 bits per heavy atom. The van der Waals surface area contributed by atoms with Gasteiger partial charge in [0.15, 0.2) is 7.29 Å². The number of hydrogen-bond donors (Lipinski definition) is 2. The van der Waals surface area contributed by atoms with Crippen molar-refractivity contribution >= 4 is 7.29 Å². The molecule has 10 heavy (non-hydrogen) atoms. The van der Waals surface area contributed by atoms with Crippen LogP contribution in [0.25, 0.3) is 0 Å². The summed E-state index contributed by atoms with van der Waals surface area (Å²) in [7, 11) is -2.03. The second kappa shape index (κ2) is 3.33. The summed E-state index contributed by atoms with van der Waals surface area (Å²) >= 11 is 0. The number of rotatable bonds is 3. The molecule has 0 unspecified atom stereocenters. The number of allylic oxidation sites excluding steroid dienone is 2. The molecule has 0 spiro atoms. The normalized spacial score (nSPS) is 21.7. The van der Waals surface area contributed by atoms with Gasteiger partial charge in [-0.05, 0) is 0 Å². The molecular formula is C6H13N2OP. The zero-order valence-corrected chi connectivity index (χ0v) is 6.81. The smallest absolute Gasteiger partial charge is 0.155 e. The van der Waals surface area contributed by atoms with Gasteiger partial charge in [0, 0.05) is 25.4 Å². The van der Waals surface area contributed by atoms with Crippen LogP contribution in [-0.2, 0) is 4.57 Å². The molecule has 0 atom stereocenters. The minimum absolute atomic E-state index is 0.560. The molecule has 0 aromatic rings. The lowest BCUT2D eigenvalue weighted by atomic mass is 10.6. The second-order valence-corrected chi connectivity index (χ2v) is 5.25. The Hall–Kier alpha value is -0.110. The average molecular weight is 160 g/mol. The van der Waals surface area contributed by atoms with E-state index in [4.69, 9.17) is 5.73 Å². The molecule has 4 heteroatoms. The van der Waals surface area contributed by atoms with Gasteiger partial charge < -0.3 is 10.3 Å². The molecule has 0 fully saturated rings. The van der Waals surface area contributed by atoms with Crippen LogP contribution in [0.3, 0.4) is 0 Å². The van der Waals surface area contributed by atoms with E-state index in [1.54, 1.807) is 0 Å². The van der Waals surface area contributed by atoms with Gasteiger partial charge in [0.05, 0.1) is 0 Å². The topological polar surface area (TPSA) is 55.1 Å². The highest BCUT2D eigenvalue weighted by atomic mass is 31.2. The first-order chi connectivity index (χ1) is 4.77. The highest BCUT2D eigenvalue weighted by Crippen LogP contribution is 2.43. The molecule has 1 rings (SSSR count). The van der Waals surface area contributed by atoms with Crippen LogP contribution in [0, 0.1) is 0 Å². The standard InChI is InChI=1S/C6H13N2OP/c7-3-4-8-10(9)5-1-2-6-10/h1-2H,3-7H2,(H,8,9). The fraction of sp³-hybridized carbons (Fsp3) is 0.667. The molecule has 1 aliphatic heterocycles. The Morgan fingerprint density at radius 3 is 2.60 bits per heavy atom. The van der Waals surface area contributed by atoms with Crippen LogP contribution < -0.4 is 10.8 Å². The lowest BCUT2D eigenvalue weighted by molar-refractivity contribution is 0.570. The summed E-state index contributed by atoms with van der Waals surface area (Å²) in [5.41, 5.74) is 5.26. The van der Waals surface area contributed by atoms with Crippen LogP contribution in [0.1, 0.15) is 0 Å². The summed E-state index contributed by atoms with van der Waals surface area (Å²) < 4.78 is 11.5. The van der Waals surface area contributed by atoms with E-state index in [2.05, 4.69) is 5.09 Å². The Bertz CT molecular complexity index is 167. The average Bonchev–Trinajstić information content (AvgIpc) is 2.33. The second-order valence-electron chi connectivity index (χ2n) is 2.42. The van der Waals surface area contributed by atoms with Crippen LogP contribution in [0.2, 0.25) is 0 Å². The summed E-state index contributed by atoms with van der Waals surface area (Å²) in [5.74, 6) is 0. The molecule has 3 nitrogen and oxygen atoms in total. The molecule has 0 aromatic heterocycles. The van der Waals surface area contributed by atoms with E-state index in [0.717, 1.165) is 0 Å². The highest BCUT2D eigenvalue weighted by molar-refractivity contribution is 7.62. The Labute approximate surface area is 61.1 Å². The van der Waals surface area contributed by atoms with Gasteiger partial charge in [-0.15, -0.1) is 0 Å². The fourth-order valence-electron chi connectivity index (χ4n) is 0.962. The molecule has 1 heterocycles. The molecule has 0 saturated heterocycles. The zero-order valence-electron chi connectivity index (χ0n) is 5.92. The van der Waals surface area contributed by atoms with Crippen LogP contribution in [-0.4, -0.2) is 25.4 Å². The molecule has 58 valence electrons. The van der Waals surface area contributed by atoms with Gasteiger partial charge >= 0.3 is 0 Å². The maximum absolute atomic E-state index is 11.5. The van der Waals surface area contributed by atoms with Crippen molar-refractivity contribution in [2.45, 2.75) is 0 Å². The number of nitrogens with two attached hydrogens (primary N) is 1. The Kier molecular flexibility index (Phi) is 2.66. The van der Waals surface area contributed by atoms with Crippen molar-refractivity contribution in [3.05, 3.63) is 12.2 Å². The van der Waals surface area contributed by atoms with Gasteiger partial charge in [0.1, 0.15) is 0 Å². The van der Waals surface area contributed by atoms with Crippen molar-refractivity contribution in [1.82, 2.24) is 5.09 Å². The van der Waals surface area contributed by atoms with Gasteiger partial charge in [0.2, 0.25) is 0 Å². The molecule has 0 amide bonds. The minimum atomic E-state index is -2.03. The van der Waals surface area contributed by atoms with Gasteiger partial charge in [-0.3, -0.25) is 5.09 Å². The molecule has 0 aliphatic carbocycles. The van der Waals surface area contributed by atoms with Gasteiger partial charge in [-0.1, -0.05) is 12.2 Å². The lowest BCUT2D eigenvalue weighted by Crippen LogP contribution is -2.20. The van der Waals surface area contributed by atoms with E-state index in [1.807, 2.05) is 12.2 Å². The van der Waals surface area contributed by atoms with E-state index in [0.29, 0.717) is 25.4 Å². The Morgan fingerprint density at radius 2 is 2.10 bits per heavy atom. The SMILES string of the molecule is NCCNP1(=O)CC=CC1. The molecule has 0 aromatic carbocycles. The summed E-state index contributed by atoms with van der Waals surface area (Å²) in [6.07, 6.45) is 5.33. The van der Waals surface area contributed by atoms with Crippen LogP contribution in [0.15, 0.2) is 12.2 Å². The lowest BCUT2D eigenvalue weighted by Gasteiger charge is -2.11. The van der Waals surface area contributed by atoms with E-state index in [9.17, 15) is 4.57 Å². The van der Waals surface area contributed by atoms with Crippen molar-refractivity contribution < 1.29 is 4.57 Å². The predicted molar refractivity (Wildman–Crippen MR) is 43.5 cm³/mol. The maximum atomic E-state index is 11.5. The first kappa shape index (κ1) is 7.99. The van der Waals surface area contributed by atoms with Gasteiger partial charge in [0.25, 0.3) is 0 Å². The fourth-order valence-corrected chi connectivity index (χ4v) is 2.88. The quantitative estimate of drug-likeness (QED) is 0.463. The molecular weight excluding hydrogens is 147 g/mol. The summed E-state index contributed by atoms with van der Waals surface area (Å²) in [5, 5.41) is 2.98. The predicted octanol–water partition coefficient (Wildman–Crippen LogP) is 0.383. The maximum Gasteiger partial charge on any atom is 0.155 e. The van der Waals surface area contributed by atoms with Gasteiger partial charge in [-0.2, -0.15) is 0 Å². The third kappa shape index (κ3) is 1.94. The van der Waals surface area contributed by atoms with E-state index in [1.165, 1.54) is 0 Å². The summed E-state index contributed by atoms with van der Waals surface area (Å²) in [6, 6.07) is 0.